The summed E-state index contributed by atoms with van der Waals surface area (Å²) >= 11 is 0. The Morgan fingerprint density at radius 2 is 1.53 bits per heavy atom. The Balaban J connectivity index is 1.28. The second kappa shape index (κ2) is 12.4. The first kappa shape index (κ1) is 32.5. The summed E-state index contributed by atoms with van der Waals surface area (Å²) in [6.45, 7) is 6.57. The minimum absolute atomic E-state index is 0.0791. The normalized spacial score (nSPS) is 30.1. The maximum atomic E-state index is 14.2. The number of hydrogen-bond donors (Lipinski definition) is 2. The fourth-order valence-corrected chi connectivity index (χ4v) is 13.8. The predicted octanol–water partition coefficient (Wildman–Crippen LogP) is 5.07. The highest BCUT2D eigenvalue weighted by atomic mass is 28.4. The van der Waals surface area contributed by atoms with Gasteiger partial charge in [0, 0.05) is 24.5 Å². The van der Waals surface area contributed by atoms with E-state index in [1.54, 1.807) is 17.0 Å². The van der Waals surface area contributed by atoms with Crippen molar-refractivity contribution in [2.24, 2.45) is 23.7 Å². The van der Waals surface area contributed by atoms with Crippen molar-refractivity contribution in [3.8, 4) is 0 Å². The third-order valence-corrected chi connectivity index (χ3v) is 16.4. The van der Waals surface area contributed by atoms with E-state index in [0.29, 0.717) is 24.4 Å². The number of aliphatic hydroxyl groups is 2. The summed E-state index contributed by atoms with van der Waals surface area (Å²) in [6.07, 6.45) is 4.83. The number of aliphatic hydroxyl groups excluding tert-OH is 1. The highest BCUT2D eigenvalue weighted by molar-refractivity contribution is 6.99. The van der Waals surface area contributed by atoms with E-state index in [-0.39, 0.29) is 36.1 Å². The van der Waals surface area contributed by atoms with Crippen molar-refractivity contribution in [2.75, 3.05) is 6.61 Å². The quantitative estimate of drug-likeness (QED) is 0.257. The summed E-state index contributed by atoms with van der Waals surface area (Å²) in [5, 5.41) is 24.3. The van der Waals surface area contributed by atoms with Gasteiger partial charge in [0.05, 0.1) is 11.8 Å². The number of fused-ring (bicyclic) bond motifs is 3. The first-order valence-electron chi connectivity index (χ1n) is 17.3. The number of imide groups is 1. The van der Waals surface area contributed by atoms with Crippen molar-refractivity contribution in [1.82, 2.24) is 4.90 Å². The van der Waals surface area contributed by atoms with Crippen LogP contribution in [0.15, 0.2) is 77.2 Å². The Hall–Kier alpha value is -3.08. The van der Waals surface area contributed by atoms with Crippen molar-refractivity contribution in [3.05, 3.63) is 84.3 Å². The maximum absolute atomic E-state index is 14.2. The minimum atomic E-state index is -2.97. The van der Waals surface area contributed by atoms with Crippen LogP contribution in [0.1, 0.15) is 83.3 Å². The molecule has 4 fully saturated rings. The Labute approximate surface area is 278 Å². The van der Waals surface area contributed by atoms with Crippen LogP contribution in [0.5, 0.6) is 0 Å². The molecule has 3 heterocycles. The average molecular weight is 658 g/mol. The molecule has 2 aliphatic heterocycles. The molecule has 1 aromatic heterocycles. The van der Waals surface area contributed by atoms with Crippen molar-refractivity contribution in [1.29, 1.82) is 0 Å². The number of nitrogens with zero attached hydrogens (tertiary/aromatic N) is 1. The number of carbonyl (C=O) groups is 2. The van der Waals surface area contributed by atoms with E-state index in [1.165, 1.54) is 0 Å². The molecule has 2 aromatic carbocycles. The lowest BCUT2D eigenvalue weighted by molar-refractivity contribution is -0.274. The number of amides is 2. The van der Waals surface area contributed by atoms with E-state index < -0.39 is 43.9 Å². The second-order valence-electron chi connectivity index (χ2n) is 15.0. The molecule has 250 valence electrons. The number of furan rings is 1. The minimum Gasteiger partial charge on any atom is -0.461 e. The molecule has 4 aliphatic rings. The van der Waals surface area contributed by atoms with Crippen LogP contribution in [0.2, 0.25) is 5.04 Å². The molecule has 3 aromatic rings. The number of carbonyl (C=O) groups excluding carboxylic acids is 2. The summed E-state index contributed by atoms with van der Waals surface area (Å²) in [4.78, 5) is 30.0. The molecule has 0 unspecified atom stereocenters. The van der Waals surface area contributed by atoms with Crippen molar-refractivity contribution < 1.29 is 33.4 Å². The van der Waals surface area contributed by atoms with Crippen molar-refractivity contribution in [2.45, 2.75) is 95.3 Å². The van der Waals surface area contributed by atoms with Gasteiger partial charge in [-0.25, -0.2) is 0 Å². The predicted molar refractivity (Wildman–Crippen MR) is 179 cm³/mol. The Kier molecular flexibility index (Phi) is 8.58. The van der Waals surface area contributed by atoms with E-state index in [1.807, 2.05) is 36.4 Å². The van der Waals surface area contributed by atoms with Crippen LogP contribution < -0.4 is 10.4 Å². The first-order valence-corrected chi connectivity index (χ1v) is 19.2. The topological polar surface area (TPSA) is 109 Å². The third-order valence-electron chi connectivity index (χ3n) is 11.4. The molecule has 8 nitrogen and oxygen atoms in total. The van der Waals surface area contributed by atoms with Crippen LogP contribution >= 0.6 is 0 Å². The molecule has 0 spiro atoms. The molecular formula is C38H47NO7Si. The average Bonchev–Trinajstić information content (AvgIpc) is 3.76. The molecule has 9 heteroatoms. The summed E-state index contributed by atoms with van der Waals surface area (Å²) in [5.41, 5.74) is 0. The van der Waals surface area contributed by atoms with Gasteiger partial charge in [0.25, 0.3) is 8.32 Å². The van der Waals surface area contributed by atoms with Crippen LogP contribution in [0.3, 0.4) is 0 Å². The molecule has 2 amide bonds. The molecule has 6 atom stereocenters. The summed E-state index contributed by atoms with van der Waals surface area (Å²) in [6, 6.07) is 24.1. The lowest BCUT2D eigenvalue weighted by atomic mass is 9.64. The number of hydrogen-bond acceptors (Lipinski definition) is 7. The number of benzene rings is 2. The zero-order valence-corrected chi connectivity index (χ0v) is 28.6. The van der Waals surface area contributed by atoms with Crippen LogP contribution in [-0.4, -0.2) is 53.7 Å². The molecule has 2 saturated carbocycles. The van der Waals surface area contributed by atoms with Gasteiger partial charge in [0.1, 0.15) is 24.2 Å². The molecule has 7 rings (SSSR count). The Bertz CT molecular complexity index is 1540. The second-order valence-corrected chi connectivity index (χ2v) is 19.3. The van der Waals surface area contributed by atoms with Gasteiger partial charge in [-0.1, -0.05) is 101 Å². The molecule has 2 aliphatic carbocycles. The number of rotatable bonds is 8. The lowest BCUT2D eigenvalue weighted by Gasteiger charge is -2.48. The zero-order chi connectivity index (χ0) is 33.0. The molecule has 2 N–H and O–H groups in total. The summed E-state index contributed by atoms with van der Waals surface area (Å²) in [7, 11) is -2.97. The Morgan fingerprint density at radius 1 is 0.894 bits per heavy atom. The lowest BCUT2D eigenvalue weighted by Crippen LogP contribution is -2.67. The van der Waals surface area contributed by atoms with E-state index in [0.717, 1.165) is 42.5 Å². The highest BCUT2D eigenvalue weighted by Gasteiger charge is 2.68. The van der Waals surface area contributed by atoms with Gasteiger partial charge in [-0.05, 0) is 53.2 Å². The smallest absolute Gasteiger partial charge is 0.261 e. The van der Waals surface area contributed by atoms with Crippen LogP contribution in [0, 0.1) is 23.7 Å². The highest BCUT2D eigenvalue weighted by Crippen LogP contribution is 2.59. The monoisotopic (exact) mass is 657 g/mol. The van der Waals surface area contributed by atoms with Gasteiger partial charge in [-0.3, -0.25) is 14.5 Å². The maximum Gasteiger partial charge on any atom is 0.261 e. The SMILES string of the molecule is CC(C)(C)[Si](OC[C@H]1C[C@@H]2C(=O)N(C3CCCCC3)C(=O)[C@@H]2[C@@H]2C[C@@H](c3ccc(CO)o3)O[C@]12O)(c1ccccc1)c1ccccc1. The molecule has 0 radical (unpaired) electrons. The van der Waals surface area contributed by atoms with Crippen molar-refractivity contribution >= 4 is 30.5 Å². The van der Waals surface area contributed by atoms with Gasteiger partial charge in [-0.2, -0.15) is 0 Å². The molecule has 47 heavy (non-hydrogen) atoms. The number of ether oxygens (including phenoxy) is 1. The zero-order valence-electron chi connectivity index (χ0n) is 27.6. The fourth-order valence-electron chi connectivity index (χ4n) is 9.22. The van der Waals surface area contributed by atoms with Gasteiger partial charge in [0.15, 0.2) is 5.79 Å². The molecular weight excluding hydrogens is 611 g/mol. The third kappa shape index (κ3) is 5.35. The summed E-state index contributed by atoms with van der Waals surface area (Å²) in [5.74, 6) is -3.42. The van der Waals surface area contributed by atoms with Gasteiger partial charge in [-0.15, -0.1) is 0 Å². The summed E-state index contributed by atoms with van der Waals surface area (Å²) < 4.78 is 19.8. The standard InChI is InChI=1S/C38H47NO7Si/c1-37(2,3)47(28-15-9-5-10-16-28,29-17-11-6-12-18-29)44-24-25-21-30-34(36(42)39(35(30)41)26-13-7-4-8-14-26)31-22-33(46-38(25,31)43)32-20-19-27(23-40)45-32/h5-6,9-12,15-20,25-26,30-31,33-34,40,43H,4,7-8,13-14,21-24H2,1-3H3/t25-,30+,31+,33+,34+,38-/m1/s1. The fraction of sp³-hybridized carbons (Fsp3) is 0.526. The van der Waals surface area contributed by atoms with E-state index >= 15 is 0 Å². The molecule has 0 bridgehead atoms. The number of likely N-dealkylation sites (tertiary alicyclic amines) is 1. The largest absolute Gasteiger partial charge is 0.461 e. The van der Waals surface area contributed by atoms with E-state index in [4.69, 9.17) is 13.6 Å². The van der Waals surface area contributed by atoms with Gasteiger partial charge in [0.2, 0.25) is 11.8 Å². The Morgan fingerprint density at radius 3 is 2.11 bits per heavy atom. The van der Waals surface area contributed by atoms with E-state index in [2.05, 4.69) is 45.0 Å². The van der Waals surface area contributed by atoms with Crippen molar-refractivity contribution in [3.63, 3.8) is 0 Å². The van der Waals surface area contributed by atoms with Crippen LogP contribution in [-0.2, 0) is 25.4 Å². The first-order chi connectivity index (χ1) is 22.6. The van der Waals surface area contributed by atoms with E-state index in [9.17, 15) is 19.8 Å². The van der Waals surface area contributed by atoms with Crippen LogP contribution in [0.4, 0.5) is 0 Å². The van der Waals surface area contributed by atoms with Gasteiger partial charge < -0.3 is 23.8 Å². The van der Waals surface area contributed by atoms with Crippen LogP contribution in [0.25, 0.3) is 0 Å². The van der Waals surface area contributed by atoms with Gasteiger partial charge >= 0.3 is 0 Å². The molecule has 2 saturated heterocycles.